The fourth-order valence-electron chi connectivity index (χ4n) is 2.24. The van der Waals surface area contributed by atoms with Gasteiger partial charge in [0.25, 0.3) is 0 Å². The highest BCUT2D eigenvalue weighted by molar-refractivity contribution is 5.76. The molecule has 0 bridgehead atoms. The third-order valence-corrected chi connectivity index (χ3v) is 3.44. The minimum atomic E-state index is -0.426. The number of nitrogens with one attached hydrogen (secondary N) is 1. The van der Waals surface area contributed by atoms with Gasteiger partial charge in [0.15, 0.2) is 0 Å². The van der Waals surface area contributed by atoms with Gasteiger partial charge in [-0.25, -0.2) is 9.78 Å². The maximum Gasteiger partial charge on any atom is 0.407 e. The molecular formula is C17H17N3O2. The number of aryl methyl sites for hydroxylation is 1. The van der Waals surface area contributed by atoms with Crippen LogP contribution in [0.4, 0.5) is 4.79 Å². The first-order chi connectivity index (χ1) is 10.7. The second-order valence-corrected chi connectivity index (χ2v) is 5.09. The predicted molar refractivity (Wildman–Crippen MR) is 84.2 cm³/mol. The maximum atomic E-state index is 11.7. The zero-order valence-electron chi connectivity index (χ0n) is 12.3. The smallest absolute Gasteiger partial charge is 0.407 e. The Hall–Kier alpha value is -2.82. The van der Waals surface area contributed by atoms with E-state index < -0.39 is 6.09 Å². The summed E-state index contributed by atoms with van der Waals surface area (Å²) in [6.45, 7) is 0.687. The molecule has 22 heavy (non-hydrogen) atoms. The first-order valence-electron chi connectivity index (χ1n) is 7.07. The summed E-state index contributed by atoms with van der Waals surface area (Å²) in [4.78, 5) is 16.0. The molecule has 0 aliphatic carbocycles. The number of amides is 1. The lowest BCUT2D eigenvalue weighted by Crippen LogP contribution is -2.23. The van der Waals surface area contributed by atoms with Crippen LogP contribution < -0.4 is 5.32 Å². The Morgan fingerprint density at radius 1 is 1.18 bits per heavy atom. The van der Waals surface area contributed by atoms with Crippen LogP contribution in [0.3, 0.4) is 0 Å². The lowest BCUT2D eigenvalue weighted by molar-refractivity contribution is 0.139. The van der Waals surface area contributed by atoms with Crippen molar-refractivity contribution in [3.8, 4) is 0 Å². The topological polar surface area (TPSA) is 56.2 Å². The van der Waals surface area contributed by atoms with Gasteiger partial charge in [0.05, 0.1) is 17.4 Å². The van der Waals surface area contributed by atoms with E-state index in [0.717, 1.165) is 22.2 Å². The first-order valence-corrected chi connectivity index (χ1v) is 7.07. The molecule has 2 aromatic carbocycles. The predicted octanol–water partition coefficient (Wildman–Crippen LogP) is 3.00. The maximum absolute atomic E-state index is 11.7. The zero-order chi connectivity index (χ0) is 15.4. The summed E-state index contributed by atoms with van der Waals surface area (Å²) in [6, 6.07) is 15.5. The van der Waals surface area contributed by atoms with Gasteiger partial charge in [-0.2, -0.15) is 0 Å². The van der Waals surface area contributed by atoms with Crippen LogP contribution in [-0.2, 0) is 24.9 Å². The number of nitrogens with zero attached hydrogens (tertiary/aromatic N) is 2. The van der Waals surface area contributed by atoms with E-state index in [1.165, 1.54) is 0 Å². The number of benzene rings is 2. The monoisotopic (exact) mass is 295 g/mol. The Kier molecular flexibility index (Phi) is 4.05. The molecule has 1 heterocycles. The highest BCUT2D eigenvalue weighted by atomic mass is 16.5. The van der Waals surface area contributed by atoms with Crippen LogP contribution in [0.1, 0.15) is 11.1 Å². The summed E-state index contributed by atoms with van der Waals surface area (Å²) in [7, 11) is 1.95. The minimum absolute atomic E-state index is 0.270. The molecule has 3 rings (SSSR count). The van der Waals surface area contributed by atoms with E-state index in [1.54, 1.807) is 6.33 Å². The van der Waals surface area contributed by atoms with Crippen LogP contribution in [0.25, 0.3) is 11.0 Å². The van der Waals surface area contributed by atoms with Crippen LogP contribution in [0.2, 0.25) is 0 Å². The van der Waals surface area contributed by atoms with Gasteiger partial charge in [-0.1, -0.05) is 36.4 Å². The third kappa shape index (κ3) is 3.25. The highest BCUT2D eigenvalue weighted by Gasteiger charge is 2.05. The number of carbonyl (C=O) groups is 1. The summed E-state index contributed by atoms with van der Waals surface area (Å²) in [6.07, 6.45) is 1.35. The van der Waals surface area contributed by atoms with Crippen LogP contribution in [-0.4, -0.2) is 15.6 Å². The highest BCUT2D eigenvalue weighted by Crippen LogP contribution is 2.13. The average Bonchev–Trinajstić information content (AvgIpc) is 2.93. The van der Waals surface area contributed by atoms with Crippen molar-refractivity contribution in [1.29, 1.82) is 0 Å². The van der Waals surface area contributed by atoms with Crippen LogP contribution >= 0.6 is 0 Å². The molecule has 5 heteroatoms. The molecule has 1 amide bonds. The molecule has 3 aromatic rings. The van der Waals surface area contributed by atoms with Gasteiger partial charge in [-0.3, -0.25) is 0 Å². The number of ether oxygens (including phenoxy) is 1. The second-order valence-electron chi connectivity index (χ2n) is 5.09. The fourth-order valence-corrected chi connectivity index (χ4v) is 2.24. The molecule has 5 nitrogen and oxygen atoms in total. The third-order valence-electron chi connectivity index (χ3n) is 3.44. The summed E-state index contributed by atoms with van der Waals surface area (Å²) in [5, 5.41) is 2.74. The van der Waals surface area contributed by atoms with Crippen LogP contribution in [0.15, 0.2) is 54.9 Å². The van der Waals surface area contributed by atoms with Crippen LogP contribution in [0, 0.1) is 0 Å². The Bertz CT molecular complexity index is 781. The average molecular weight is 295 g/mol. The molecule has 0 spiro atoms. The lowest BCUT2D eigenvalue weighted by Gasteiger charge is -2.07. The zero-order valence-corrected chi connectivity index (χ0v) is 12.3. The van der Waals surface area contributed by atoms with Crippen molar-refractivity contribution in [2.24, 2.45) is 7.05 Å². The van der Waals surface area contributed by atoms with Gasteiger partial charge in [0.1, 0.15) is 6.61 Å². The quantitative estimate of drug-likeness (QED) is 0.805. The summed E-state index contributed by atoms with van der Waals surface area (Å²) < 4.78 is 7.13. The Balaban J connectivity index is 1.53. The van der Waals surface area contributed by atoms with E-state index in [-0.39, 0.29) is 6.61 Å². The first kappa shape index (κ1) is 14.1. The Labute approximate surface area is 128 Å². The lowest BCUT2D eigenvalue weighted by atomic mass is 10.2. The number of fused-ring (bicyclic) bond motifs is 1. The standard InChI is InChI=1S/C17H17N3O2/c1-20-12-19-15-9-14(7-8-16(15)20)10-18-17(21)22-11-13-5-3-2-4-6-13/h2-9,12H,10-11H2,1H3,(H,18,21). The van der Waals surface area contributed by atoms with Gasteiger partial charge >= 0.3 is 6.09 Å². The van der Waals surface area contributed by atoms with Crippen molar-refractivity contribution in [3.63, 3.8) is 0 Å². The van der Waals surface area contributed by atoms with E-state index in [2.05, 4.69) is 10.3 Å². The van der Waals surface area contributed by atoms with E-state index in [1.807, 2.05) is 60.1 Å². The van der Waals surface area contributed by atoms with Gasteiger partial charge in [-0.15, -0.1) is 0 Å². The molecule has 0 fully saturated rings. The van der Waals surface area contributed by atoms with Crippen molar-refractivity contribution < 1.29 is 9.53 Å². The second kappa shape index (κ2) is 6.30. The molecule has 1 aromatic heterocycles. The molecule has 1 N–H and O–H groups in total. The molecule has 0 aliphatic rings. The molecule has 0 radical (unpaired) electrons. The molecular weight excluding hydrogens is 278 g/mol. The number of rotatable bonds is 4. The summed E-state index contributed by atoms with van der Waals surface area (Å²) in [5.41, 5.74) is 3.94. The number of aromatic nitrogens is 2. The largest absolute Gasteiger partial charge is 0.445 e. The minimum Gasteiger partial charge on any atom is -0.445 e. The fraction of sp³-hybridized carbons (Fsp3) is 0.176. The van der Waals surface area contributed by atoms with E-state index in [0.29, 0.717) is 6.54 Å². The normalized spacial score (nSPS) is 10.6. The summed E-state index contributed by atoms with van der Waals surface area (Å²) >= 11 is 0. The van der Waals surface area contributed by atoms with Crippen LogP contribution in [0.5, 0.6) is 0 Å². The molecule has 0 unspecified atom stereocenters. The molecule has 0 saturated heterocycles. The number of carbonyl (C=O) groups excluding carboxylic acids is 1. The molecule has 0 saturated carbocycles. The van der Waals surface area contributed by atoms with Crippen molar-refractivity contribution >= 4 is 17.1 Å². The van der Waals surface area contributed by atoms with Gasteiger partial charge in [0.2, 0.25) is 0 Å². The van der Waals surface area contributed by atoms with E-state index in [9.17, 15) is 4.79 Å². The Morgan fingerprint density at radius 2 is 2.00 bits per heavy atom. The number of hydrogen-bond donors (Lipinski definition) is 1. The SMILES string of the molecule is Cn1cnc2cc(CNC(=O)OCc3ccccc3)ccc21. The summed E-state index contributed by atoms with van der Waals surface area (Å²) in [5.74, 6) is 0. The Morgan fingerprint density at radius 3 is 2.82 bits per heavy atom. The number of hydrogen-bond acceptors (Lipinski definition) is 3. The van der Waals surface area contributed by atoms with E-state index in [4.69, 9.17) is 4.74 Å². The molecule has 0 aliphatic heterocycles. The van der Waals surface area contributed by atoms with E-state index >= 15 is 0 Å². The molecule has 0 atom stereocenters. The van der Waals surface area contributed by atoms with Gasteiger partial charge < -0.3 is 14.6 Å². The van der Waals surface area contributed by atoms with Crippen molar-refractivity contribution in [3.05, 3.63) is 66.0 Å². The number of imidazole rings is 1. The van der Waals surface area contributed by atoms with Crippen molar-refractivity contribution in [2.45, 2.75) is 13.2 Å². The van der Waals surface area contributed by atoms with Gasteiger partial charge in [0, 0.05) is 13.6 Å². The number of alkyl carbamates (subject to hydrolysis) is 1. The van der Waals surface area contributed by atoms with Crippen molar-refractivity contribution in [1.82, 2.24) is 14.9 Å². The van der Waals surface area contributed by atoms with Gasteiger partial charge in [-0.05, 0) is 23.3 Å². The molecule has 112 valence electrons. The van der Waals surface area contributed by atoms with Crippen molar-refractivity contribution in [2.75, 3.05) is 0 Å².